The van der Waals surface area contributed by atoms with Crippen molar-refractivity contribution in [3.05, 3.63) is 11.6 Å². The van der Waals surface area contributed by atoms with E-state index in [1.54, 1.807) is 0 Å². The normalized spacial score (nSPS) is 24.2. The van der Waals surface area contributed by atoms with Crippen LogP contribution in [0, 0.1) is 5.41 Å². The first-order valence-electron chi connectivity index (χ1n) is 6.46. The topological polar surface area (TPSA) is 53.6 Å². The first-order chi connectivity index (χ1) is 7.84. The van der Waals surface area contributed by atoms with Crippen molar-refractivity contribution in [3.8, 4) is 0 Å². The van der Waals surface area contributed by atoms with E-state index in [2.05, 4.69) is 27.4 Å². The summed E-state index contributed by atoms with van der Waals surface area (Å²) in [5, 5.41) is 11.0. The molecule has 0 bridgehead atoms. The molecule has 0 radical (unpaired) electrons. The summed E-state index contributed by atoms with van der Waals surface area (Å²) in [5.41, 5.74) is 0.492. The first kappa shape index (κ1) is 15.7. The molecule has 1 aromatic heterocycles. The van der Waals surface area contributed by atoms with Crippen LogP contribution in [0.2, 0.25) is 0 Å². The fraction of sp³-hybridized carbons (Fsp3) is 0.833. The second-order valence-corrected chi connectivity index (χ2v) is 5.29. The maximum atomic E-state index is 4.65. The number of hydrogen-bond acceptors (Lipinski definition) is 3. The second-order valence-electron chi connectivity index (χ2n) is 5.29. The maximum Gasteiger partial charge on any atom is 0.155 e. The molecule has 18 heavy (non-hydrogen) atoms. The van der Waals surface area contributed by atoms with Crippen molar-refractivity contribution >= 4 is 24.8 Å². The molecule has 1 aromatic rings. The summed E-state index contributed by atoms with van der Waals surface area (Å²) in [6.07, 6.45) is 6.22. The summed E-state index contributed by atoms with van der Waals surface area (Å²) in [6, 6.07) is 0. The highest BCUT2D eigenvalue weighted by atomic mass is 35.5. The highest BCUT2D eigenvalue weighted by molar-refractivity contribution is 5.85. The SMILES string of the molecule is CCCc1nc(C2CNCC23CCC3)n[nH]1.Cl.Cl. The molecule has 104 valence electrons. The molecule has 1 atom stereocenters. The predicted molar refractivity (Wildman–Crippen MR) is 76.8 cm³/mol. The highest BCUT2D eigenvalue weighted by Gasteiger charge is 2.49. The van der Waals surface area contributed by atoms with Gasteiger partial charge in [0.1, 0.15) is 5.82 Å². The maximum absolute atomic E-state index is 4.65. The van der Waals surface area contributed by atoms with Crippen molar-refractivity contribution in [2.24, 2.45) is 5.41 Å². The van der Waals surface area contributed by atoms with Gasteiger partial charge in [-0.25, -0.2) is 4.98 Å². The van der Waals surface area contributed by atoms with Gasteiger partial charge in [-0.3, -0.25) is 5.10 Å². The predicted octanol–water partition coefficient (Wildman–Crippen LogP) is 2.46. The Morgan fingerprint density at radius 3 is 2.72 bits per heavy atom. The van der Waals surface area contributed by atoms with Crippen molar-refractivity contribution in [1.82, 2.24) is 20.5 Å². The van der Waals surface area contributed by atoms with Crippen LogP contribution in [0.25, 0.3) is 0 Å². The number of aryl methyl sites for hydroxylation is 1. The van der Waals surface area contributed by atoms with E-state index >= 15 is 0 Å². The number of aromatic amines is 1. The fourth-order valence-electron chi connectivity index (χ4n) is 3.14. The van der Waals surface area contributed by atoms with Gasteiger partial charge in [0.05, 0.1) is 0 Å². The molecule has 1 aliphatic heterocycles. The van der Waals surface area contributed by atoms with Gasteiger partial charge in [0.25, 0.3) is 0 Å². The van der Waals surface area contributed by atoms with Gasteiger partial charge in [-0.2, -0.15) is 5.10 Å². The zero-order valence-corrected chi connectivity index (χ0v) is 12.4. The Morgan fingerprint density at radius 2 is 2.11 bits per heavy atom. The molecule has 6 heteroatoms. The molecule has 0 aromatic carbocycles. The standard InChI is InChI=1S/C12H20N4.2ClH/c1-2-4-10-14-11(16-15-10)9-7-13-8-12(9)5-3-6-12;;/h9,13H,2-8H2,1H3,(H,14,15,16);2*1H. The van der Waals surface area contributed by atoms with Gasteiger partial charge in [0.15, 0.2) is 5.82 Å². The Kier molecular flexibility index (Phi) is 5.44. The van der Waals surface area contributed by atoms with Gasteiger partial charge in [-0.05, 0) is 24.7 Å². The molecule has 0 amide bonds. The molecule has 1 unspecified atom stereocenters. The van der Waals surface area contributed by atoms with Crippen molar-refractivity contribution in [1.29, 1.82) is 0 Å². The van der Waals surface area contributed by atoms with Gasteiger partial charge >= 0.3 is 0 Å². The Morgan fingerprint density at radius 1 is 1.33 bits per heavy atom. The molecule has 3 rings (SSSR count). The van der Waals surface area contributed by atoms with E-state index in [4.69, 9.17) is 0 Å². The van der Waals surface area contributed by atoms with Crippen LogP contribution in [0.4, 0.5) is 0 Å². The zero-order chi connectivity index (χ0) is 11.0. The molecular weight excluding hydrogens is 271 g/mol. The lowest BCUT2D eigenvalue weighted by Crippen LogP contribution is -2.36. The minimum Gasteiger partial charge on any atom is -0.315 e. The molecule has 1 aliphatic carbocycles. The summed E-state index contributed by atoms with van der Waals surface area (Å²) < 4.78 is 0. The Labute approximate surface area is 121 Å². The molecule has 1 spiro atoms. The fourth-order valence-corrected chi connectivity index (χ4v) is 3.14. The monoisotopic (exact) mass is 292 g/mol. The molecular formula is C12H22Cl2N4. The third-order valence-electron chi connectivity index (χ3n) is 4.26. The second kappa shape index (κ2) is 6.22. The average molecular weight is 293 g/mol. The zero-order valence-electron chi connectivity index (χ0n) is 10.7. The van der Waals surface area contributed by atoms with Gasteiger partial charge in [-0.1, -0.05) is 13.3 Å². The lowest BCUT2D eigenvalue weighted by Gasteiger charge is -2.41. The van der Waals surface area contributed by atoms with E-state index in [9.17, 15) is 0 Å². The molecule has 2 heterocycles. The molecule has 2 aliphatic rings. The lowest BCUT2D eigenvalue weighted by atomic mass is 9.62. The third kappa shape index (κ3) is 2.51. The Hall–Kier alpha value is -0.320. The number of nitrogens with one attached hydrogen (secondary N) is 2. The van der Waals surface area contributed by atoms with Crippen LogP contribution in [-0.4, -0.2) is 28.3 Å². The number of aromatic nitrogens is 3. The summed E-state index contributed by atoms with van der Waals surface area (Å²) in [7, 11) is 0. The van der Waals surface area contributed by atoms with Crippen LogP contribution >= 0.6 is 24.8 Å². The summed E-state index contributed by atoms with van der Waals surface area (Å²) in [4.78, 5) is 4.65. The minimum absolute atomic E-state index is 0. The number of halogens is 2. The van der Waals surface area contributed by atoms with Gasteiger partial charge in [0.2, 0.25) is 0 Å². The van der Waals surface area contributed by atoms with Gasteiger partial charge in [0, 0.05) is 25.4 Å². The van der Waals surface area contributed by atoms with Crippen molar-refractivity contribution < 1.29 is 0 Å². The van der Waals surface area contributed by atoms with E-state index in [1.807, 2.05) is 0 Å². The Balaban J connectivity index is 0.000000810. The molecule has 4 nitrogen and oxygen atoms in total. The number of H-pyrrole nitrogens is 1. The molecule has 2 N–H and O–H groups in total. The van der Waals surface area contributed by atoms with E-state index in [-0.39, 0.29) is 24.8 Å². The van der Waals surface area contributed by atoms with Gasteiger partial charge in [-0.15, -0.1) is 24.8 Å². The van der Waals surface area contributed by atoms with Crippen LogP contribution in [-0.2, 0) is 6.42 Å². The lowest BCUT2D eigenvalue weighted by molar-refractivity contribution is 0.133. The number of hydrogen-bond donors (Lipinski definition) is 2. The summed E-state index contributed by atoms with van der Waals surface area (Å²) in [5.74, 6) is 2.65. The number of rotatable bonds is 3. The van der Waals surface area contributed by atoms with E-state index in [0.717, 1.165) is 37.6 Å². The average Bonchev–Trinajstić information content (AvgIpc) is 2.80. The first-order valence-corrected chi connectivity index (χ1v) is 6.46. The number of nitrogens with zero attached hydrogens (tertiary/aromatic N) is 2. The van der Waals surface area contributed by atoms with Crippen LogP contribution in [0.15, 0.2) is 0 Å². The van der Waals surface area contributed by atoms with Crippen LogP contribution in [0.1, 0.15) is 50.2 Å². The Bertz CT molecular complexity index is 376. The van der Waals surface area contributed by atoms with Crippen molar-refractivity contribution in [3.63, 3.8) is 0 Å². The molecule has 2 fully saturated rings. The van der Waals surface area contributed by atoms with E-state index in [0.29, 0.717) is 11.3 Å². The summed E-state index contributed by atoms with van der Waals surface area (Å²) >= 11 is 0. The van der Waals surface area contributed by atoms with Crippen molar-refractivity contribution in [2.45, 2.75) is 44.9 Å². The molecule has 1 saturated heterocycles. The van der Waals surface area contributed by atoms with Crippen LogP contribution in [0.3, 0.4) is 0 Å². The molecule has 1 saturated carbocycles. The summed E-state index contributed by atoms with van der Waals surface area (Å²) in [6.45, 7) is 4.39. The van der Waals surface area contributed by atoms with E-state index < -0.39 is 0 Å². The largest absolute Gasteiger partial charge is 0.315 e. The van der Waals surface area contributed by atoms with Gasteiger partial charge < -0.3 is 5.32 Å². The van der Waals surface area contributed by atoms with Crippen LogP contribution in [0.5, 0.6) is 0 Å². The van der Waals surface area contributed by atoms with E-state index in [1.165, 1.54) is 19.3 Å². The quantitative estimate of drug-likeness (QED) is 0.900. The van der Waals surface area contributed by atoms with Crippen molar-refractivity contribution in [2.75, 3.05) is 13.1 Å². The van der Waals surface area contributed by atoms with Crippen LogP contribution < -0.4 is 5.32 Å². The highest BCUT2D eigenvalue weighted by Crippen LogP contribution is 2.52. The minimum atomic E-state index is 0. The third-order valence-corrected chi connectivity index (χ3v) is 4.26. The smallest absolute Gasteiger partial charge is 0.155 e.